The molecule has 0 spiro atoms. The molecule has 4 nitrogen and oxygen atoms in total. The Labute approximate surface area is 78.2 Å². The van der Waals surface area contributed by atoms with Gasteiger partial charge in [-0.15, -0.1) is 0 Å². The highest BCUT2D eigenvalue weighted by Crippen LogP contribution is 1.90. The van der Waals surface area contributed by atoms with Crippen LogP contribution in [0.4, 0.5) is 0 Å². The molecule has 0 aliphatic heterocycles. The normalized spacial score (nSPS) is 9.08. The second-order valence-corrected chi connectivity index (χ2v) is 2.46. The molecule has 0 unspecified atom stereocenters. The summed E-state index contributed by atoms with van der Waals surface area (Å²) in [5.74, 6) is -0.475. The monoisotopic (exact) mass is 185 g/mol. The third kappa shape index (κ3) is 5.00. The minimum absolute atomic E-state index is 0.144. The molecule has 1 amide bonds. The molecule has 74 valence electrons. The van der Waals surface area contributed by atoms with E-state index in [9.17, 15) is 9.59 Å². The fourth-order valence-electron chi connectivity index (χ4n) is 0.853. The van der Waals surface area contributed by atoms with E-state index in [4.69, 9.17) is 4.74 Å². The molecule has 4 heteroatoms. The van der Waals surface area contributed by atoms with Crippen LogP contribution in [0.15, 0.2) is 12.7 Å². The molecule has 0 heterocycles. The summed E-state index contributed by atoms with van der Waals surface area (Å²) < 4.78 is 4.70. The summed E-state index contributed by atoms with van der Waals surface area (Å²) in [6.45, 7) is 7.81. The number of ether oxygens (including phenoxy) is 1. The van der Waals surface area contributed by atoms with Gasteiger partial charge in [0.05, 0.1) is 6.54 Å². The van der Waals surface area contributed by atoms with E-state index in [0.29, 0.717) is 13.1 Å². The molecule has 0 radical (unpaired) electrons. The van der Waals surface area contributed by atoms with Crippen molar-refractivity contribution in [1.29, 1.82) is 0 Å². The smallest absolute Gasteiger partial charge is 0.302 e. The number of hydrogen-bond acceptors (Lipinski definition) is 3. The third-order valence-corrected chi connectivity index (χ3v) is 1.53. The Balaban J connectivity index is 3.78. The Morgan fingerprint density at radius 3 is 2.54 bits per heavy atom. The molecule has 0 N–H and O–H groups in total. The fraction of sp³-hybridized carbons (Fsp3) is 0.556. The molecule has 0 aromatic carbocycles. The van der Waals surface area contributed by atoms with Gasteiger partial charge in [0.2, 0.25) is 5.91 Å². The Morgan fingerprint density at radius 2 is 2.15 bits per heavy atom. The highest BCUT2D eigenvalue weighted by molar-refractivity contribution is 5.86. The number of carbonyl (C=O) groups excluding carboxylic acids is 2. The van der Waals surface area contributed by atoms with E-state index in [2.05, 4.69) is 6.58 Å². The van der Waals surface area contributed by atoms with Crippen LogP contribution >= 0.6 is 0 Å². The summed E-state index contributed by atoms with van der Waals surface area (Å²) >= 11 is 0. The van der Waals surface area contributed by atoms with Gasteiger partial charge in [0, 0.05) is 13.5 Å². The molecule has 0 aromatic heterocycles. The molecule has 0 fully saturated rings. The number of rotatable bonds is 5. The summed E-state index contributed by atoms with van der Waals surface area (Å²) in [5, 5.41) is 0. The van der Waals surface area contributed by atoms with Crippen molar-refractivity contribution in [3.05, 3.63) is 12.7 Å². The highest BCUT2D eigenvalue weighted by atomic mass is 16.5. The maximum absolute atomic E-state index is 11.1. The lowest BCUT2D eigenvalue weighted by Crippen LogP contribution is -2.32. The van der Waals surface area contributed by atoms with Gasteiger partial charge in [0.15, 0.2) is 0 Å². The van der Waals surface area contributed by atoms with Crippen LogP contribution in [-0.4, -0.2) is 36.5 Å². The van der Waals surface area contributed by atoms with Gasteiger partial charge in [-0.25, -0.2) is 0 Å². The molecule has 0 aliphatic rings. The molecule has 0 aliphatic carbocycles. The quantitative estimate of drug-likeness (QED) is 0.465. The van der Waals surface area contributed by atoms with E-state index in [1.54, 1.807) is 4.90 Å². The molecule has 13 heavy (non-hydrogen) atoms. The first-order valence-corrected chi connectivity index (χ1v) is 4.16. The topological polar surface area (TPSA) is 46.6 Å². The van der Waals surface area contributed by atoms with E-state index < -0.39 is 0 Å². The van der Waals surface area contributed by atoms with Crippen molar-refractivity contribution in [2.24, 2.45) is 0 Å². The third-order valence-electron chi connectivity index (χ3n) is 1.53. The van der Waals surface area contributed by atoms with Crippen LogP contribution < -0.4 is 0 Å². The van der Waals surface area contributed by atoms with E-state index in [0.717, 1.165) is 0 Å². The summed E-state index contributed by atoms with van der Waals surface area (Å²) in [7, 11) is 0. The van der Waals surface area contributed by atoms with Crippen molar-refractivity contribution in [1.82, 2.24) is 4.90 Å². The minimum atomic E-state index is -0.331. The molecule has 0 rings (SSSR count). The largest absolute Gasteiger partial charge is 0.464 e. The number of likely N-dealkylation sites (N-methyl/N-ethyl adjacent to an activating group) is 1. The Hall–Kier alpha value is -1.32. The van der Waals surface area contributed by atoms with Crippen molar-refractivity contribution in [3.8, 4) is 0 Å². The number of amides is 1. The zero-order chi connectivity index (χ0) is 10.3. The molecule has 0 saturated heterocycles. The second kappa shape index (κ2) is 6.22. The first-order chi connectivity index (χ1) is 6.11. The zero-order valence-corrected chi connectivity index (χ0v) is 8.08. The van der Waals surface area contributed by atoms with Crippen LogP contribution in [0, 0.1) is 0 Å². The molecular weight excluding hydrogens is 170 g/mol. The molecular formula is C9H15NO3. The Bertz CT molecular complexity index is 201. The van der Waals surface area contributed by atoms with E-state index in [1.807, 2.05) is 6.92 Å². The van der Waals surface area contributed by atoms with Crippen LogP contribution in [0.3, 0.4) is 0 Å². The SMILES string of the molecule is C=CC(=O)N(CC)CCOC(C)=O. The van der Waals surface area contributed by atoms with Crippen molar-refractivity contribution in [2.75, 3.05) is 19.7 Å². The fourth-order valence-corrected chi connectivity index (χ4v) is 0.853. The number of nitrogens with zero attached hydrogens (tertiary/aromatic N) is 1. The van der Waals surface area contributed by atoms with Crippen LogP contribution in [0.2, 0.25) is 0 Å². The van der Waals surface area contributed by atoms with E-state index in [1.165, 1.54) is 13.0 Å². The van der Waals surface area contributed by atoms with E-state index >= 15 is 0 Å². The maximum Gasteiger partial charge on any atom is 0.302 e. The van der Waals surface area contributed by atoms with Crippen LogP contribution in [0.1, 0.15) is 13.8 Å². The van der Waals surface area contributed by atoms with Crippen molar-refractivity contribution >= 4 is 11.9 Å². The van der Waals surface area contributed by atoms with Gasteiger partial charge in [-0.3, -0.25) is 9.59 Å². The van der Waals surface area contributed by atoms with Crippen LogP contribution in [0.5, 0.6) is 0 Å². The van der Waals surface area contributed by atoms with Crippen LogP contribution in [0.25, 0.3) is 0 Å². The van der Waals surface area contributed by atoms with Crippen molar-refractivity contribution < 1.29 is 14.3 Å². The number of carbonyl (C=O) groups is 2. The summed E-state index contributed by atoms with van der Waals surface area (Å²) in [6.07, 6.45) is 1.25. The lowest BCUT2D eigenvalue weighted by molar-refractivity contribution is -0.142. The Kier molecular flexibility index (Phi) is 5.59. The van der Waals surface area contributed by atoms with Gasteiger partial charge in [-0.2, -0.15) is 0 Å². The lowest BCUT2D eigenvalue weighted by atomic mass is 10.4. The zero-order valence-electron chi connectivity index (χ0n) is 8.08. The average Bonchev–Trinajstić information content (AvgIpc) is 2.11. The minimum Gasteiger partial charge on any atom is -0.464 e. The van der Waals surface area contributed by atoms with Gasteiger partial charge in [0.1, 0.15) is 6.61 Å². The number of hydrogen-bond donors (Lipinski definition) is 0. The molecule has 0 atom stereocenters. The molecule has 0 aromatic rings. The van der Waals surface area contributed by atoms with Gasteiger partial charge in [0.25, 0.3) is 0 Å². The summed E-state index contributed by atoms with van der Waals surface area (Å²) in [4.78, 5) is 23.0. The number of esters is 1. The predicted molar refractivity (Wildman–Crippen MR) is 49.1 cm³/mol. The van der Waals surface area contributed by atoms with Gasteiger partial charge < -0.3 is 9.64 Å². The second-order valence-electron chi connectivity index (χ2n) is 2.46. The van der Waals surface area contributed by atoms with Crippen molar-refractivity contribution in [2.45, 2.75) is 13.8 Å². The highest BCUT2D eigenvalue weighted by Gasteiger charge is 2.07. The van der Waals surface area contributed by atoms with Gasteiger partial charge >= 0.3 is 5.97 Å². The standard InChI is InChI=1S/C9H15NO3/c1-4-9(12)10(5-2)6-7-13-8(3)11/h4H,1,5-7H2,2-3H3. The first-order valence-electron chi connectivity index (χ1n) is 4.16. The van der Waals surface area contributed by atoms with E-state index in [-0.39, 0.29) is 18.5 Å². The Morgan fingerprint density at radius 1 is 1.54 bits per heavy atom. The maximum atomic E-state index is 11.1. The van der Waals surface area contributed by atoms with Gasteiger partial charge in [-0.05, 0) is 13.0 Å². The molecule has 0 saturated carbocycles. The summed E-state index contributed by atoms with van der Waals surface area (Å²) in [6, 6.07) is 0. The average molecular weight is 185 g/mol. The summed E-state index contributed by atoms with van der Waals surface area (Å²) in [5.41, 5.74) is 0. The van der Waals surface area contributed by atoms with Crippen LogP contribution in [-0.2, 0) is 14.3 Å². The first kappa shape index (κ1) is 11.7. The lowest BCUT2D eigenvalue weighted by Gasteiger charge is -2.18. The predicted octanol–water partition coefficient (Wildman–Crippen LogP) is 0.584. The molecule has 0 bridgehead atoms. The van der Waals surface area contributed by atoms with Crippen molar-refractivity contribution in [3.63, 3.8) is 0 Å². The van der Waals surface area contributed by atoms with Gasteiger partial charge in [-0.1, -0.05) is 6.58 Å².